The van der Waals surface area contributed by atoms with Crippen LogP contribution in [0.2, 0.25) is 0 Å². The molecule has 0 aliphatic heterocycles. The molecule has 0 radical (unpaired) electrons. The lowest BCUT2D eigenvalue weighted by atomic mass is 10.0. The number of unbranched alkanes of at least 4 members (excludes halogenated alkanes) is 12. The summed E-state index contributed by atoms with van der Waals surface area (Å²) in [5, 5.41) is 53.0. The Morgan fingerprint density at radius 1 is 0.410 bits per heavy atom. The number of aliphatic carboxylic acids is 2. The van der Waals surface area contributed by atoms with Crippen LogP contribution in [0.4, 0.5) is 0 Å². The van der Waals surface area contributed by atoms with E-state index in [1.165, 1.54) is 51.4 Å². The Morgan fingerprint density at radius 3 is 1.18 bits per heavy atom. The van der Waals surface area contributed by atoms with Crippen molar-refractivity contribution in [2.24, 2.45) is 16.5 Å². The maximum absolute atomic E-state index is 13.2. The number of rotatable bonds is 47. The van der Waals surface area contributed by atoms with Crippen LogP contribution < -0.4 is 70.0 Å². The van der Waals surface area contributed by atoms with Crippen molar-refractivity contribution in [3.63, 3.8) is 0 Å². The lowest BCUT2D eigenvalue weighted by Crippen LogP contribution is -2.59. The number of thiol groups is 4. The first-order valence-electron chi connectivity index (χ1n) is 27.2. The van der Waals surface area contributed by atoms with Gasteiger partial charge in [-0.15, -0.1) is 0 Å². The van der Waals surface area contributed by atoms with E-state index in [4.69, 9.17) is 21.7 Å². The van der Waals surface area contributed by atoms with Gasteiger partial charge in [0.1, 0.15) is 42.3 Å². The SMILES string of the molecule is CCCCCCCCCCCCCCCC(=O)NC(CS)C(=O)NC(CS)C(=O)NC(CS)C(=O)NC(CS)C(=O)NCC(=O)NCC(=O)NCC(=O)NC(CO)C(=O)NC(CCCN=C(N)N)C(=O)NCC(=O)NC(CC(=O)O)C(=O)O. The third-order valence-corrected chi connectivity index (χ3v) is 13.4. The van der Waals surface area contributed by atoms with E-state index in [1.807, 2.05) is 5.32 Å². The zero-order chi connectivity index (χ0) is 62.7. The number of carbonyl (C=O) groups is 13. The summed E-state index contributed by atoms with van der Waals surface area (Å²) >= 11 is 16.6. The molecule has 0 aliphatic carbocycles. The van der Waals surface area contributed by atoms with Gasteiger partial charge in [-0.2, -0.15) is 50.5 Å². The number of carboxylic acid groups (broad SMARTS) is 2. The van der Waals surface area contributed by atoms with Crippen LogP contribution in [0.25, 0.3) is 0 Å². The maximum atomic E-state index is 13.2. The average Bonchev–Trinajstić information content (AvgIpc) is 3.48. The summed E-state index contributed by atoms with van der Waals surface area (Å²) in [4.78, 5) is 167. The molecule has 0 fully saturated rings. The minimum atomic E-state index is -1.82. The Bertz CT molecular complexity index is 2150. The molecular weight excluding hydrogens is 1170 g/mol. The van der Waals surface area contributed by atoms with Gasteiger partial charge in [0.15, 0.2) is 5.96 Å². The molecule has 7 atom stereocenters. The predicted octanol–water partition coefficient (Wildman–Crippen LogP) is -4.35. The fourth-order valence-corrected chi connectivity index (χ4v) is 8.36. The highest BCUT2D eigenvalue weighted by atomic mass is 32.1. The Balaban J connectivity index is 5.05. The highest BCUT2D eigenvalue weighted by Gasteiger charge is 2.31. The quantitative estimate of drug-likeness (QED) is 0.0119. The second-order valence-electron chi connectivity index (χ2n) is 18.9. The molecule has 30 nitrogen and oxygen atoms in total. The molecule has 0 aromatic carbocycles. The molecule has 472 valence electrons. The normalized spacial score (nSPS) is 13.3. The molecule has 0 saturated heterocycles. The molecule has 0 aromatic rings. The van der Waals surface area contributed by atoms with Gasteiger partial charge in [-0.05, 0) is 19.3 Å². The summed E-state index contributed by atoms with van der Waals surface area (Å²) in [6.07, 6.45) is 14.2. The summed E-state index contributed by atoms with van der Waals surface area (Å²) in [6.45, 7) is -1.88. The van der Waals surface area contributed by atoms with Crippen LogP contribution in [-0.2, 0) is 62.3 Å². The largest absolute Gasteiger partial charge is 0.481 e. The summed E-state index contributed by atoms with van der Waals surface area (Å²) in [6, 6.07) is -9.99. The zero-order valence-electron chi connectivity index (χ0n) is 46.7. The number of aliphatic imine (C=N–C) groups is 1. The summed E-state index contributed by atoms with van der Waals surface area (Å²) < 4.78 is 0. The highest BCUT2D eigenvalue weighted by molar-refractivity contribution is 7.80. The number of nitrogens with zero attached hydrogens (tertiary/aromatic N) is 1. The minimum absolute atomic E-state index is 0.0165. The number of aliphatic hydroxyl groups is 1. The third kappa shape index (κ3) is 36.8. The molecule has 11 amide bonds. The van der Waals surface area contributed by atoms with Gasteiger partial charge >= 0.3 is 11.9 Å². The predicted molar refractivity (Wildman–Crippen MR) is 318 cm³/mol. The number of aliphatic hydroxyl groups excluding tert-OH is 1. The van der Waals surface area contributed by atoms with Gasteiger partial charge in [-0.25, -0.2) is 4.79 Å². The van der Waals surface area contributed by atoms with Crippen LogP contribution in [0.5, 0.6) is 0 Å². The van der Waals surface area contributed by atoms with Gasteiger partial charge in [0.2, 0.25) is 65.0 Å². The molecular formula is C49H86N14O16S4. The monoisotopic (exact) mass is 1250 g/mol. The second-order valence-corrected chi connectivity index (χ2v) is 20.3. The van der Waals surface area contributed by atoms with E-state index in [0.29, 0.717) is 6.42 Å². The van der Waals surface area contributed by atoms with Gasteiger partial charge in [0.25, 0.3) is 0 Å². The third-order valence-electron chi connectivity index (χ3n) is 12.0. The van der Waals surface area contributed by atoms with Crippen LogP contribution in [0.3, 0.4) is 0 Å². The van der Waals surface area contributed by atoms with Crippen molar-refractivity contribution in [3.8, 4) is 0 Å². The van der Waals surface area contributed by atoms with Gasteiger partial charge in [-0.1, -0.05) is 84.0 Å². The van der Waals surface area contributed by atoms with E-state index in [0.717, 1.165) is 25.7 Å². The van der Waals surface area contributed by atoms with Crippen LogP contribution in [-0.4, -0.2) is 203 Å². The minimum Gasteiger partial charge on any atom is -0.481 e. The number of guanidine groups is 1. The van der Waals surface area contributed by atoms with Gasteiger partial charge in [0.05, 0.1) is 39.2 Å². The number of carboxylic acids is 2. The smallest absolute Gasteiger partial charge is 0.326 e. The van der Waals surface area contributed by atoms with E-state index in [1.54, 1.807) is 0 Å². The van der Waals surface area contributed by atoms with E-state index >= 15 is 0 Å². The number of nitrogens with one attached hydrogen (secondary N) is 11. The lowest BCUT2D eigenvalue weighted by Gasteiger charge is -2.24. The van der Waals surface area contributed by atoms with Crippen LogP contribution in [0.15, 0.2) is 4.99 Å². The van der Waals surface area contributed by atoms with Gasteiger partial charge in [-0.3, -0.25) is 62.5 Å². The number of nitrogens with two attached hydrogens (primary N) is 2. The summed E-state index contributed by atoms with van der Waals surface area (Å²) in [7, 11) is 0. The zero-order valence-corrected chi connectivity index (χ0v) is 50.3. The molecule has 0 rings (SSSR count). The molecule has 18 N–H and O–H groups in total. The summed E-state index contributed by atoms with van der Waals surface area (Å²) in [5.74, 6) is -13.9. The van der Waals surface area contributed by atoms with E-state index in [-0.39, 0.29) is 60.7 Å². The van der Waals surface area contributed by atoms with Crippen molar-refractivity contribution in [1.29, 1.82) is 0 Å². The van der Waals surface area contributed by atoms with Crippen molar-refractivity contribution in [1.82, 2.24) is 58.5 Å². The van der Waals surface area contributed by atoms with E-state index in [2.05, 4.69) is 116 Å². The van der Waals surface area contributed by atoms with E-state index < -0.39 is 153 Å². The summed E-state index contributed by atoms with van der Waals surface area (Å²) in [5.41, 5.74) is 10.6. The molecule has 7 unspecified atom stereocenters. The maximum Gasteiger partial charge on any atom is 0.326 e. The topological polar surface area (TPSA) is 479 Å². The first-order valence-corrected chi connectivity index (χ1v) is 29.7. The number of amides is 11. The van der Waals surface area contributed by atoms with Gasteiger partial charge < -0.3 is 85.3 Å². The highest BCUT2D eigenvalue weighted by Crippen LogP contribution is 2.13. The van der Waals surface area contributed by atoms with Crippen molar-refractivity contribution in [2.45, 2.75) is 158 Å². The Hall–Kier alpha value is -6.26. The Kier molecular flexibility index (Phi) is 42.7. The fourth-order valence-electron chi connectivity index (χ4n) is 7.33. The van der Waals surface area contributed by atoms with Gasteiger partial charge in [0, 0.05) is 36.0 Å². The molecule has 0 saturated carbocycles. The van der Waals surface area contributed by atoms with Crippen molar-refractivity contribution in [2.75, 3.05) is 62.3 Å². The number of carbonyl (C=O) groups excluding carboxylic acids is 11. The molecule has 0 aromatic heterocycles. The molecule has 83 heavy (non-hydrogen) atoms. The molecule has 0 bridgehead atoms. The standard InChI is InChI=1S/C49H86N14O16S4/c1-2-3-4-5-6-7-8-9-10-11-12-13-14-17-36(65)59-33(26-81)45(75)62-35(28-83)47(77)63-34(27-82)46(76)61-32(25-80)43(73)55-21-38(67)53-20-37(66)54-22-39(68)58-31(24-64)44(74)60-29(16-15-18-52-49(50)51)42(72)56-23-40(69)57-30(48(78)79)19-41(70)71/h29-35,64,80-83H,2-28H2,1H3,(H,53,67)(H,54,66)(H,55,73)(H,56,72)(H,57,69)(H,58,68)(H,59,65)(H,60,74)(H,61,76)(H,62,75)(H,63,77)(H,70,71)(H,78,79)(H4,50,51,52). The fraction of sp³-hybridized carbons (Fsp3) is 0.714. The molecule has 0 spiro atoms. The first-order chi connectivity index (χ1) is 39.5. The second kappa shape index (κ2) is 46.2. The lowest BCUT2D eigenvalue weighted by molar-refractivity contribution is -0.147. The number of hydrogen-bond acceptors (Lipinski definition) is 19. The van der Waals surface area contributed by atoms with Crippen LogP contribution in [0.1, 0.15) is 116 Å². The van der Waals surface area contributed by atoms with E-state index in [9.17, 15) is 67.4 Å². The first kappa shape index (κ1) is 76.7. The Morgan fingerprint density at radius 2 is 0.759 bits per heavy atom. The molecule has 0 aliphatic rings. The van der Waals surface area contributed by atoms with Crippen molar-refractivity contribution in [3.05, 3.63) is 0 Å². The van der Waals surface area contributed by atoms with Crippen molar-refractivity contribution >= 4 is 133 Å². The Labute approximate surface area is 504 Å². The van der Waals surface area contributed by atoms with Crippen LogP contribution >= 0.6 is 50.5 Å². The average molecular weight is 1260 g/mol. The number of hydrogen-bond donors (Lipinski definition) is 20. The van der Waals surface area contributed by atoms with Crippen molar-refractivity contribution < 1.29 is 77.6 Å². The molecule has 34 heteroatoms. The molecule has 0 heterocycles. The van der Waals surface area contributed by atoms with Crippen LogP contribution in [0, 0.1) is 0 Å².